The number of para-hydroxylation sites is 1. The lowest BCUT2D eigenvalue weighted by atomic mass is 9.64. The van der Waals surface area contributed by atoms with Gasteiger partial charge in [-0.25, -0.2) is 8.42 Å². The molecule has 2 fully saturated rings. The van der Waals surface area contributed by atoms with Crippen LogP contribution >= 0.6 is 11.6 Å². The van der Waals surface area contributed by atoms with Crippen molar-refractivity contribution in [2.24, 2.45) is 5.92 Å². The van der Waals surface area contributed by atoms with Gasteiger partial charge in [-0.15, -0.1) is 0 Å². The Bertz CT molecular complexity index is 943. The van der Waals surface area contributed by atoms with Crippen LogP contribution in [0.25, 0.3) is 0 Å². The summed E-state index contributed by atoms with van der Waals surface area (Å²) in [5, 5.41) is 0.785. The number of hydrogen-bond acceptors (Lipinski definition) is 3. The van der Waals surface area contributed by atoms with Gasteiger partial charge in [-0.2, -0.15) is 0 Å². The van der Waals surface area contributed by atoms with Gasteiger partial charge in [-0.1, -0.05) is 48.4 Å². The molecule has 1 saturated heterocycles. The van der Waals surface area contributed by atoms with E-state index >= 15 is 0 Å². The van der Waals surface area contributed by atoms with Gasteiger partial charge in [0, 0.05) is 30.1 Å². The number of anilines is 1. The molecule has 30 heavy (non-hydrogen) atoms. The second-order valence-corrected chi connectivity index (χ2v) is 11.4. The molecule has 1 atom stereocenters. The summed E-state index contributed by atoms with van der Waals surface area (Å²) < 4.78 is 26.6. The van der Waals surface area contributed by atoms with Gasteiger partial charge >= 0.3 is 0 Å². The van der Waals surface area contributed by atoms with E-state index in [4.69, 9.17) is 11.6 Å². The quantitative estimate of drug-likeness (QED) is 0.604. The Morgan fingerprint density at radius 1 is 1.07 bits per heavy atom. The highest BCUT2D eigenvalue weighted by molar-refractivity contribution is 7.92. The van der Waals surface area contributed by atoms with Gasteiger partial charge in [0.25, 0.3) is 0 Å². The number of hydrogen-bond donors (Lipinski definition) is 0. The summed E-state index contributed by atoms with van der Waals surface area (Å²) in [5.74, 6) is 0.344. The van der Waals surface area contributed by atoms with Crippen molar-refractivity contribution in [2.75, 3.05) is 36.7 Å². The maximum Gasteiger partial charge on any atom is 0.232 e. The van der Waals surface area contributed by atoms with Crippen LogP contribution in [0.4, 0.5) is 5.69 Å². The third-order valence-corrected chi connectivity index (χ3v) is 8.18. The van der Waals surface area contributed by atoms with Crippen LogP contribution in [0, 0.1) is 5.92 Å². The molecule has 2 aromatic rings. The van der Waals surface area contributed by atoms with E-state index < -0.39 is 10.0 Å². The first-order valence-corrected chi connectivity index (χ1v) is 13.1. The highest BCUT2D eigenvalue weighted by Gasteiger charge is 2.41. The van der Waals surface area contributed by atoms with Gasteiger partial charge in [-0.05, 0) is 68.0 Å². The van der Waals surface area contributed by atoms with Crippen LogP contribution in [-0.4, -0.2) is 45.8 Å². The average molecular weight is 447 g/mol. The number of likely N-dealkylation sites (tertiary alicyclic amines) is 1. The summed E-state index contributed by atoms with van der Waals surface area (Å²) in [6.45, 7) is 3.65. The molecule has 0 radical (unpaired) electrons. The van der Waals surface area contributed by atoms with E-state index in [0.717, 1.165) is 43.2 Å². The molecule has 1 saturated carbocycles. The average Bonchev–Trinajstić information content (AvgIpc) is 2.70. The van der Waals surface area contributed by atoms with Crippen molar-refractivity contribution < 1.29 is 8.42 Å². The molecular weight excluding hydrogens is 416 g/mol. The minimum absolute atomic E-state index is 0.225. The fourth-order valence-corrected chi connectivity index (χ4v) is 6.19. The van der Waals surface area contributed by atoms with Crippen LogP contribution in [0.5, 0.6) is 0 Å². The Morgan fingerprint density at radius 2 is 1.77 bits per heavy atom. The predicted molar refractivity (Wildman–Crippen MR) is 125 cm³/mol. The molecule has 1 heterocycles. The van der Waals surface area contributed by atoms with Crippen LogP contribution in [0.2, 0.25) is 5.02 Å². The minimum Gasteiger partial charge on any atom is -0.302 e. The second-order valence-electron chi connectivity index (χ2n) is 9.01. The summed E-state index contributed by atoms with van der Waals surface area (Å²) in [5.41, 5.74) is 2.37. The molecular formula is C24H31ClN2O2S. The monoisotopic (exact) mass is 446 g/mol. The van der Waals surface area contributed by atoms with Crippen LogP contribution in [0.1, 0.15) is 37.7 Å². The molecule has 2 aliphatic rings. The number of nitrogens with zero attached hydrogens (tertiary/aromatic N) is 2. The predicted octanol–water partition coefficient (Wildman–Crippen LogP) is 4.94. The van der Waals surface area contributed by atoms with Crippen molar-refractivity contribution in [1.82, 2.24) is 4.90 Å². The van der Waals surface area contributed by atoms with Crippen LogP contribution in [0.15, 0.2) is 54.6 Å². The van der Waals surface area contributed by atoms with Gasteiger partial charge in [0.2, 0.25) is 10.0 Å². The molecule has 0 amide bonds. The van der Waals surface area contributed by atoms with E-state index in [-0.39, 0.29) is 5.41 Å². The lowest BCUT2D eigenvalue weighted by Crippen LogP contribution is -2.50. The maximum atomic E-state index is 12.5. The number of benzene rings is 2. The van der Waals surface area contributed by atoms with Gasteiger partial charge in [0.1, 0.15) is 0 Å². The van der Waals surface area contributed by atoms with Crippen molar-refractivity contribution in [1.29, 1.82) is 0 Å². The third-order valence-electron chi connectivity index (χ3n) is 6.77. The molecule has 0 bridgehead atoms. The van der Waals surface area contributed by atoms with E-state index in [0.29, 0.717) is 12.5 Å². The SMILES string of the molecule is CS(=O)(=O)N(C[C@@H]1CCCN(CC2(c3ccc(Cl)cc3)CCC2)C1)c1ccccc1. The molecule has 0 spiro atoms. The first-order chi connectivity index (χ1) is 14.4. The zero-order chi connectivity index (χ0) is 21.2. The maximum absolute atomic E-state index is 12.5. The standard InChI is InChI=1S/C24H31ClN2O2S/c1-30(28,29)27(23-8-3-2-4-9-23)18-20-7-5-16-26(17-20)19-24(14-6-15-24)21-10-12-22(25)13-11-21/h2-4,8-13,20H,5-7,14-19H2,1H3/t20-/m1/s1. The lowest BCUT2D eigenvalue weighted by molar-refractivity contribution is 0.101. The number of sulfonamides is 1. The van der Waals surface area contributed by atoms with E-state index in [9.17, 15) is 8.42 Å². The van der Waals surface area contributed by atoms with Crippen LogP contribution in [0.3, 0.4) is 0 Å². The van der Waals surface area contributed by atoms with Crippen molar-refractivity contribution in [3.8, 4) is 0 Å². The first-order valence-electron chi connectivity index (χ1n) is 10.9. The highest BCUT2D eigenvalue weighted by Crippen LogP contribution is 2.45. The Morgan fingerprint density at radius 3 is 2.37 bits per heavy atom. The van der Waals surface area contributed by atoms with E-state index in [1.54, 1.807) is 4.31 Å². The summed E-state index contributed by atoms with van der Waals surface area (Å²) in [6, 6.07) is 17.8. The minimum atomic E-state index is -3.31. The summed E-state index contributed by atoms with van der Waals surface area (Å²) in [7, 11) is -3.31. The molecule has 6 heteroatoms. The molecule has 0 N–H and O–H groups in total. The molecule has 0 unspecified atom stereocenters. The molecule has 4 nitrogen and oxygen atoms in total. The molecule has 0 aromatic heterocycles. The van der Waals surface area contributed by atoms with E-state index in [1.165, 1.54) is 31.1 Å². The normalized spacial score (nSPS) is 21.7. The Hall–Kier alpha value is -1.56. The lowest BCUT2D eigenvalue weighted by Gasteiger charge is -2.47. The van der Waals surface area contributed by atoms with E-state index in [1.807, 2.05) is 42.5 Å². The van der Waals surface area contributed by atoms with Gasteiger partial charge < -0.3 is 4.90 Å². The smallest absolute Gasteiger partial charge is 0.232 e. The van der Waals surface area contributed by atoms with Crippen molar-refractivity contribution in [2.45, 2.75) is 37.5 Å². The number of piperidine rings is 1. The van der Waals surface area contributed by atoms with Crippen LogP contribution in [-0.2, 0) is 15.4 Å². The van der Waals surface area contributed by atoms with Gasteiger partial charge in [0.15, 0.2) is 0 Å². The van der Waals surface area contributed by atoms with E-state index in [2.05, 4.69) is 17.0 Å². The van der Waals surface area contributed by atoms with Crippen LogP contribution < -0.4 is 4.31 Å². The summed E-state index contributed by atoms with van der Waals surface area (Å²) in [4.78, 5) is 2.56. The van der Waals surface area contributed by atoms with Gasteiger partial charge in [0.05, 0.1) is 11.9 Å². The molecule has 162 valence electrons. The topological polar surface area (TPSA) is 40.6 Å². The molecule has 1 aliphatic carbocycles. The zero-order valence-corrected chi connectivity index (χ0v) is 19.2. The first kappa shape index (κ1) is 21.7. The fraction of sp³-hybridized carbons (Fsp3) is 0.500. The van der Waals surface area contributed by atoms with Crippen molar-refractivity contribution in [3.63, 3.8) is 0 Å². The third kappa shape index (κ3) is 4.84. The molecule has 2 aromatic carbocycles. The Balaban J connectivity index is 1.46. The Labute approximate surface area is 185 Å². The largest absolute Gasteiger partial charge is 0.302 e. The number of rotatable bonds is 7. The summed E-state index contributed by atoms with van der Waals surface area (Å²) in [6.07, 6.45) is 7.21. The highest BCUT2D eigenvalue weighted by atomic mass is 35.5. The second kappa shape index (κ2) is 8.89. The zero-order valence-electron chi connectivity index (χ0n) is 17.6. The number of halogens is 1. The van der Waals surface area contributed by atoms with Crippen molar-refractivity contribution >= 4 is 27.3 Å². The molecule has 4 rings (SSSR count). The summed E-state index contributed by atoms with van der Waals surface area (Å²) >= 11 is 6.11. The fourth-order valence-electron chi connectivity index (χ4n) is 5.08. The molecule has 1 aliphatic heterocycles. The van der Waals surface area contributed by atoms with Gasteiger partial charge in [-0.3, -0.25) is 4.31 Å². The van der Waals surface area contributed by atoms with Crippen molar-refractivity contribution in [3.05, 3.63) is 65.2 Å². The Kier molecular flexibility index (Phi) is 6.42.